The number of fused-ring (bicyclic) bond motifs is 1. The van der Waals surface area contributed by atoms with Crippen molar-refractivity contribution in [1.82, 2.24) is 14.9 Å². The van der Waals surface area contributed by atoms with Crippen LogP contribution in [-0.4, -0.2) is 39.0 Å². The van der Waals surface area contributed by atoms with Gasteiger partial charge in [-0.3, -0.25) is 14.9 Å². The Bertz CT molecular complexity index is 908. The third kappa shape index (κ3) is 3.36. The molecule has 0 spiro atoms. The Kier molecular flexibility index (Phi) is 4.50. The topological polar surface area (TPSA) is 79.5 Å². The van der Waals surface area contributed by atoms with Crippen molar-refractivity contribution in [3.8, 4) is 11.3 Å². The molecule has 132 valence electrons. The molecule has 3 aromatic heterocycles. The van der Waals surface area contributed by atoms with E-state index in [1.807, 2.05) is 6.07 Å². The number of hydrogen-bond acceptors (Lipinski definition) is 5. The Balaban J connectivity index is 1.64. The van der Waals surface area contributed by atoms with Gasteiger partial charge in [-0.15, -0.1) is 0 Å². The average Bonchev–Trinajstić information content (AvgIpc) is 3.09. The summed E-state index contributed by atoms with van der Waals surface area (Å²) in [5.74, 6) is -0.952. The zero-order valence-electron chi connectivity index (χ0n) is 14.3. The monoisotopic (exact) mass is 349 g/mol. The van der Waals surface area contributed by atoms with Crippen LogP contribution in [0, 0.1) is 0 Å². The minimum atomic E-state index is -0.952. The molecular weight excluding hydrogens is 330 g/mol. The molecule has 6 heteroatoms. The minimum Gasteiger partial charge on any atom is -0.478 e. The minimum absolute atomic E-state index is 0.248. The number of nitrogens with zero attached hydrogens (tertiary/aromatic N) is 3. The van der Waals surface area contributed by atoms with Gasteiger partial charge in [0, 0.05) is 55.3 Å². The molecule has 0 saturated carbocycles. The summed E-state index contributed by atoms with van der Waals surface area (Å²) < 4.78 is 5.15. The van der Waals surface area contributed by atoms with Gasteiger partial charge in [-0.05, 0) is 36.2 Å². The van der Waals surface area contributed by atoms with Crippen molar-refractivity contribution in [2.75, 3.05) is 13.1 Å². The summed E-state index contributed by atoms with van der Waals surface area (Å²) >= 11 is 0. The number of carbonyl (C=O) groups is 1. The lowest BCUT2D eigenvalue weighted by Crippen LogP contribution is -2.25. The largest absolute Gasteiger partial charge is 0.478 e. The van der Waals surface area contributed by atoms with Gasteiger partial charge in [0.25, 0.3) is 0 Å². The fourth-order valence-corrected chi connectivity index (χ4v) is 3.37. The number of rotatable bonds is 4. The molecular formula is C20H19N3O3. The molecule has 1 aliphatic rings. The van der Waals surface area contributed by atoms with Crippen LogP contribution < -0.4 is 0 Å². The van der Waals surface area contributed by atoms with E-state index in [4.69, 9.17) is 9.40 Å². The van der Waals surface area contributed by atoms with Gasteiger partial charge in [0.1, 0.15) is 0 Å². The first-order valence-corrected chi connectivity index (χ1v) is 8.60. The van der Waals surface area contributed by atoms with Crippen molar-refractivity contribution in [2.45, 2.75) is 19.4 Å². The predicted molar refractivity (Wildman–Crippen MR) is 95.8 cm³/mol. The lowest BCUT2D eigenvalue weighted by Gasteiger charge is -2.18. The third-order valence-corrected chi connectivity index (χ3v) is 4.72. The van der Waals surface area contributed by atoms with Gasteiger partial charge in [-0.2, -0.15) is 0 Å². The third-order valence-electron chi connectivity index (χ3n) is 4.72. The van der Waals surface area contributed by atoms with Crippen LogP contribution in [0.3, 0.4) is 0 Å². The Hall–Kier alpha value is -2.99. The second kappa shape index (κ2) is 7.09. The predicted octanol–water partition coefficient (Wildman–Crippen LogP) is 3.04. The maximum atomic E-state index is 11.8. The summed E-state index contributed by atoms with van der Waals surface area (Å²) in [6.45, 7) is 2.58. The molecule has 0 saturated heterocycles. The van der Waals surface area contributed by atoms with Crippen molar-refractivity contribution in [3.63, 3.8) is 0 Å². The highest BCUT2D eigenvalue weighted by Crippen LogP contribution is 2.26. The number of carboxylic acids is 1. The van der Waals surface area contributed by atoms with E-state index < -0.39 is 5.97 Å². The number of carboxylic acid groups (broad SMARTS) is 1. The van der Waals surface area contributed by atoms with Gasteiger partial charge < -0.3 is 9.52 Å². The molecule has 4 rings (SSSR count). The highest BCUT2D eigenvalue weighted by molar-refractivity contribution is 5.95. The number of hydrogen-bond donors (Lipinski definition) is 1. The van der Waals surface area contributed by atoms with Crippen molar-refractivity contribution < 1.29 is 14.3 Å². The summed E-state index contributed by atoms with van der Waals surface area (Å²) in [4.78, 5) is 22.9. The van der Waals surface area contributed by atoms with Crippen molar-refractivity contribution >= 4 is 5.97 Å². The molecule has 1 N–H and O–H groups in total. The first-order valence-electron chi connectivity index (χ1n) is 8.60. The van der Waals surface area contributed by atoms with Crippen LogP contribution in [0.25, 0.3) is 11.3 Å². The van der Waals surface area contributed by atoms with Crippen molar-refractivity contribution in [2.24, 2.45) is 0 Å². The van der Waals surface area contributed by atoms with Gasteiger partial charge in [-0.1, -0.05) is 0 Å². The second-order valence-corrected chi connectivity index (χ2v) is 6.44. The normalized spacial score (nSPS) is 14.6. The van der Waals surface area contributed by atoms with E-state index in [0.29, 0.717) is 5.69 Å². The molecule has 3 aromatic rings. The molecule has 0 fully saturated rings. The fraction of sp³-hybridized carbons (Fsp3) is 0.250. The zero-order chi connectivity index (χ0) is 17.9. The molecule has 0 aliphatic carbocycles. The number of aromatic carboxylic acids is 1. The molecule has 6 nitrogen and oxygen atoms in total. The summed E-state index contributed by atoms with van der Waals surface area (Å²) in [6.07, 6.45) is 8.34. The van der Waals surface area contributed by atoms with E-state index in [0.717, 1.165) is 54.9 Å². The molecule has 0 unspecified atom stereocenters. The quantitative estimate of drug-likeness (QED) is 0.780. The van der Waals surface area contributed by atoms with Gasteiger partial charge in [-0.25, -0.2) is 4.79 Å². The molecule has 0 radical (unpaired) electrons. The van der Waals surface area contributed by atoms with E-state index in [1.165, 1.54) is 0 Å². The summed E-state index contributed by atoms with van der Waals surface area (Å²) in [5.41, 5.74) is 4.69. The van der Waals surface area contributed by atoms with E-state index in [-0.39, 0.29) is 5.56 Å². The molecule has 0 amide bonds. The van der Waals surface area contributed by atoms with Crippen LogP contribution >= 0.6 is 0 Å². The summed E-state index contributed by atoms with van der Waals surface area (Å²) in [6, 6.07) is 7.36. The van der Waals surface area contributed by atoms with Crippen molar-refractivity contribution in [3.05, 3.63) is 71.6 Å². The Morgan fingerprint density at radius 1 is 1.19 bits per heavy atom. The molecule has 0 aromatic carbocycles. The molecule has 1 aliphatic heterocycles. The summed E-state index contributed by atoms with van der Waals surface area (Å²) in [5, 5.41) is 9.65. The van der Waals surface area contributed by atoms with Gasteiger partial charge in [0.2, 0.25) is 0 Å². The van der Waals surface area contributed by atoms with Crippen molar-refractivity contribution in [1.29, 1.82) is 0 Å². The maximum Gasteiger partial charge on any atom is 0.337 e. The van der Waals surface area contributed by atoms with E-state index >= 15 is 0 Å². The van der Waals surface area contributed by atoms with Crippen LogP contribution in [0.15, 0.2) is 53.6 Å². The van der Waals surface area contributed by atoms with Crippen LogP contribution in [0.1, 0.15) is 27.2 Å². The number of pyridine rings is 2. The number of furan rings is 1. The molecule has 0 atom stereocenters. The van der Waals surface area contributed by atoms with Crippen LogP contribution in [-0.2, 0) is 19.4 Å². The molecule has 0 bridgehead atoms. The lowest BCUT2D eigenvalue weighted by molar-refractivity contribution is 0.0697. The van der Waals surface area contributed by atoms with E-state index in [1.54, 1.807) is 43.1 Å². The van der Waals surface area contributed by atoms with Crippen LogP contribution in [0.5, 0.6) is 0 Å². The lowest BCUT2D eigenvalue weighted by atomic mass is 10.0. The Morgan fingerprint density at radius 2 is 2.00 bits per heavy atom. The van der Waals surface area contributed by atoms with E-state index in [9.17, 15) is 9.90 Å². The zero-order valence-corrected chi connectivity index (χ0v) is 14.3. The van der Waals surface area contributed by atoms with Crippen LogP contribution in [0.4, 0.5) is 0 Å². The Labute approximate surface area is 151 Å². The maximum absolute atomic E-state index is 11.8. The first-order chi connectivity index (χ1) is 12.7. The highest BCUT2D eigenvalue weighted by atomic mass is 16.4. The number of aromatic nitrogens is 2. The van der Waals surface area contributed by atoms with Gasteiger partial charge in [0.15, 0.2) is 0 Å². The Morgan fingerprint density at radius 3 is 2.73 bits per heavy atom. The van der Waals surface area contributed by atoms with Gasteiger partial charge in [0.05, 0.1) is 23.8 Å². The summed E-state index contributed by atoms with van der Waals surface area (Å²) in [7, 11) is 0. The smallest absolute Gasteiger partial charge is 0.337 e. The standard InChI is InChI=1S/C20H19N3O3/c24-20(25)17-11-16-3-8-23(12-14-5-10-26-13-14)9-4-18(16)22-19(17)15-1-6-21-7-2-15/h1-2,5-7,10-11,13H,3-4,8-9,12H2,(H,24,25). The molecule has 4 heterocycles. The SMILES string of the molecule is O=C(O)c1cc2c(nc1-c1ccncc1)CCN(Cc1ccoc1)CC2. The van der Waals surface area contributed by atoms with Crippen LogP contribution in [0.2, 0.25) is 0 Å². The fourth-order valence-electron chi connectivity index (χ4n) is 3.37. The van der Waals surface area contributed by atoms with E-state index in [2.05, 4.69) is 9.88 Å². The highest BCUT2D eigenvalue weighted by Gasteiger charge is 2.21. The average molecular weight is 349 g/mol. The second-order valence-electron chi connectivity index (χ2n) is 6.44. The first kappa shape index (κ1) is 16.5. The van der Waals surface area contributed by atoms with Gasteiger partial charge >= 0.3 is 5.97 Å². The molecule has 26 heavy (non-hydrogen) atoms.